The summed E-state index contributed by atoms with van der Waals surface area (Å²) < 4.78 is 0. The summed E-state index contributed by atoms with van der Waals surface area (Å²) in [6, 6.07) is 7.80. The third-order valence-corrected chi connectivity index (χ3v) is 5.51. The molecule has 1 amide bonds. The lowest BCUT2D eigenvalue weighted by molar-refractivity contribution is -0.117. The first kappa shape index (κ1) is 17.4. The number of rotatable bonds is 5. The Balaban J connectivity index is 1.54. The standard InChI is InChI=1S/C18H22ClN3OS/c1-13-5-4-8-22(11-13)12-17(23)21-18-20-10-15(24-18)9-14-6-2-3-7-16(14)19/h2-3,6-7,10,13H,4-5,8-9,11-12H2,1H3,(H,20,21,23)/t13-/m0/s1. The van der Waals surface area contributed by atoms with Crippen LogP contribution in [0.4, 0.5) is 5.13 Å². The van der Waals surface area contributed by atoms with Crippen molar-refractivity contribution < 1.29 is 4.79 Å². The number of piperidine rings is 1. The minimum absolute atomic E-state index is 0.0164. The van der Waals surface area contributed by atoms with Gasteiger partial charge in [-0.15, -0.1) is 11.3 Å². The van der Waals surface area contributed by atoms with E-state index in [0.29, 0.717) is 17.6 Å². The minimum Gasteiger partial charge on any atom is -0.301 e. The molecule has 1 saturated heterocycles. The van der Waals surface area contributed by atoms with Crippen molar-refractivity contribution in [2.45, 2.75) is 26.2 Å². The summed E-state index contributed by atoms with van der Waals surface area (Å²) in [5, 5.41) is 4.34. The summed E-state index contributed by atoms with van der Waals surface area (Å²) in [4.78, 5) is 19.8. The number of benzene rings is 1. The van der Waals surface area contributed by atoms with Gasteiger partial charge in [0.2, 0.25) is 5.91 Å². The largest absolute Gasteiger partial charge is 0.301 e. The summed E-state index contributed by atoms with van der Waals surface area (Å²) >= 11 is 7.70. The predicted octanol–water partition coefficient (Wildman–Crippen LogP) is 4.06. The molecule has 2 heterocycles. The molecule has 0 radical (unpaired) electrons. The predicted molar refractivity (Wildman–Crippen MR) is 99.8 cm³/mol. The van der Waals surface area contributed by atoms with Gasteiger partial charge in [-0.3, -0.25) is 9.69 Å². The van der Waals surface area contributed by atoms with E-state index in [1.165, 1.54) is 24.2 Å². The Kier molecular flexibility index (Phi) is 5.87. The first-order valence-corrected chi connectivity index (χ1v) is 9.50. The fourth-order valence-corrected chi connectivity index (χ4v) is 4.12. The molecule has 1 aromatic heterocycles. The monoisotopic (exact) mass is 363 g/mol. The maximum atomic E-state index is 12.2. The van der Waals surface area contributed by atoms with E-state index < -0.39 is 0 Å². The van der Waals surface area contributed by atoms with Crippen molar-refractivity contribution in [1.82, 2.24) is 9.88 Å². The molecule has 2 aromatic rings. The highest BCUT2D eigenvalue weighted by atomic mass is 35.5. The number of aromatic nitrogens is 1. The third-order valence-electron chi connectivity index (χ3n) is 4.23. The van der Waals surface area contributed by atoms with Crippen molar-refractivity contribution in [3.05, 3.63) is 45.9 Å². The fourth-order valence-electron chi connectivity index (χ4n) is 3.07. The molecule has 3 rings (SSSR count). The summed E-state index contributed by atoms with van der Waals surface area (Å²) in [5.74, 6) is 0.691. The second-order valence-electron chi connectivity index (χ2n) is 6.43. The van der Waals surface area contributed by atoms with Crippen LogP contribution in [0.2, 0.25) is 5.02 Å². The lowest BCUT2D eigenvalue weighted by Crippen LogP contribution is -2.39. The summed E-state index contributed by atoms with van der Waals surface area (Å²) in [5.41, 5.74) is 1.07. The molecule has 4 nitrogen and oxygen atoms in total. The van der Waals surface area contributed by atoms with E-state index in [0.717, 1.165) is 35.0 Å². The van der Waals surface area contributed by atoms with Crippen molar-refractivity contribution in [3.8, 4) is 0 Å². The molecule has 0 aliphatic carbocycles. The molecule has 1 N–H and O–H groups in total. The van der Waals surface area contributed by atoms with Gasteiger partial charge in [0.1, 0.15) is 0 Å². The van der Waals surface area contributed by atoms with Gasteiger partial charge in [-0.1, -0.05) is 36.7 Å². The first-order chi connectivity index (χ1) is 11.6. The maximum Gasteiger partial charge on any atom is 0.240 e. The molecule has 1 aliphatic heterocycles. The van der Waals surface area contributed by atoms with Gasteiger partial charge < -0.3 is 5.32 Å². The number of hydrogen-bond acceptors (Lipinski definition) is 4. The Morgan fingerprint density at radius 2 is 2.29 bits per heavy atom. The Bertz CT molecular complexity index is 703. The van der Waals surface area contributed by atoms with E-state index in [-0.39, 0.29) is 5.91 Å². The average Bonchev–Trinajstić information content (AvgIpc) is 2.96. The lowest BCUT2D eigenvalue weighted by atomic mass is 10.0. The zero-order valence-electron chi connectivity index (χ0n) is 13.8. The maximum absolute atomic E-state index is 12.2. The van der Waals surface area contributed by atoms with Crippen LogP contribution in [0.15, 0.2) is 30.5 Å². The van der Waals surface area contributed by atoms with Crippen LogP contribution in [0.3, 0.4) is 0 Å². The molecule has 0 saturated carbocycles. The highest BCUT2D eigenvalue weighted by molar-refractivity contribution is 7.15. The number of nitrogens with one attached hydrogen (secondary N) is 1. The zero-order valence-corrected chi connectivity index (χ0v) is 15.4. The molecule has 128 valence electrons. The van der Waals surface area contributed by atoms with Crippen molar-refractivity contribution in [1.29, 1.82) is 0 Å². The fraction of sp³-hybridized carbons (Fsp3) is 0.444. The molecule has 0 unspecified atom stereocenters. The van der Waals surface area contributed by atoms with E-state index in [4.69, 9.17) is 11.6 Å². The Morgan fingerprint density at radius 3 is 3.08 bits per heavy atom. The molecular weight excluding hydrogens is 342 g/mol. The van der Waals surface area contributed by atoms with E-state index >= 15 is 0 Å². The van der Waals surface area contributed by atoms with Gasteiger partial charge in [-0.05, 0) is 36.9 Å². The molecule has 6 heteroatoms. The van der Waals surface area contributed by atoms with Crippen LogP contribution in [0.25, 0.3) is 0 Å². The van der Waals surface area contributed by atoms with E-state index in [2.05, 4.69) is 22.1 Å². The Hall–Kier alpha value is -1.43. The van der Waals surface area contributed by atoms with Gasteiger partial charge in [-0.2, -0.15) is 0 Å². The van der Waals surface area contributed by atoms with Gasteiger partial charge >= 0.3 is 0 Å². The number of halogens is 1. The van der Waals surface area contributed by atoms with Crippen LogP contribution < -0.4 is 5.32 Å². The second-order valence-corrected chi connectivity index (χ2v) is 7.95. The van der Waals surface area contributed by atoms with Crippen LogP contribution in [-0.4, -0.2) is 35.4 Å². The number of anilines is 1. The number of amides is 1. The number of carbonyl (C=O) groups is 1. The molecule has 1 fully saturated rings. The second kappa shape index (κ2) is 8.10. The van der Waals surface area contributed by atoms with Gasteiger partial charge in [-0.25, -0.2) is 4.98 Å². The van der Waals surface area contributed by atoms with Gasteiger partial charge in [0.25, 0.3) is 0 Å². The normalized spacial score (nSPS) is 18.5. The number of carbonyl (C=O) groups excluding carboxylic acids is 1. The third kappa shape index (κ3) is 4.79. The zero-order chi connectivity index (χ0) is 16.9. The first-order valence-electron chi connectivity index (χ1n) is 8.30. The van der Waals surface area contributed by atoms with Crippen LogP contribution >= 0.6 is 22.9 Å². The smallest absolute Gasteiger partial charge is 0.240 e. The van der Waals surface area contributed by atoms with Gasteiger partial charge in [0.05, 0.1) is 6.54 Å². The summed E-state index contributed by atoms with van der Waals surface area (Å²) in [6.07, 6.45) is 4.98. The van der Waals surface area contributed by atoms with Crippen LogP contribution in [0, 0.1) is 5.92 Å². The average molecular weight is 364 g/mol. The van der Waals surface area contributed by atoms with Crippen molar-refractivity contribution in [2.75, 3.05) is 25.0 Å². The number of likely N-dealkylation sites (tertiary alicyclic amines) is 1. The number of thiazole rings is 1. The van der Waals surface area contributed by atoms with Crippen LogP contribution in [-0.2, 0) is 11.2 Å². The molecular formula is C18H22ClN3OS. The topological polar surface area (TPSA) is 45.2 Å². The summed E-state index contributed by atoms with van der Waals surface area (Å²) in [6.45, 7) is 4.70. The number of nitrogens with zero attached hydrogens (tertiary/aromatic N) is 2. The Morgan fingerprint density at radius 1 is 1.46 bits per heavy atom. The van der Waals surface area contributed by atoms with Gasteiger partial charge in [0, 0.05) is 29.1 Å². The molecule has 0 bridgehead atoms. The molecule has 24 heavy (non-hydrogen) atoms. The Labute approximate surface area is 151 Å². The van der Waals surface area contributed by atoms with Crippen LogP contribution in [0.5, 0.6) is 0 Å². The van der Waals surface area contributed by atoms with E-state index in [9.17, 15) is 4.79 Å². The highest BCUT2D eigenvalue weighted by Gasteiger charge is 2.19. The van der Waals surface area contributed by atoms with Gasteiger partial charge in [0.15, 0.2) is 5.13 Å². The van der Waals surface area contributed by atoms with E-state index in [1.54, 1.807) is 0 Å². The van der Waals surface area contributed by atoms with Crippen molar-refractivity contribution in [3.63, 3.8) is 0 Å². The molecule has 1 atom stereocenters. The molecule has 1 aromatic carbocycles. The van der Waals surface area contributed by atoms with Crippen molar-refractivity contribution in [2.24, 2.45) is 5.92 Å². The van der Waals surface area contributed by atoms with Crippen LogP contribution in [0.1, 0.15) is 30.2 Å². The lowest BCUT2D eigenvalue weighted by Gasteiger charge is -2.29. The number of hydrogen-bond donors (Lipinski definition) is 1. The molecule has 1 aliphatic rings. The SMILES string of the molecule is C[C@H]1CCCN(CC(=O)Nc2ncc(Cc3ccccc3Cl)s2)C1. The van der Waals surface area contributed by atoms with Crippen molar-refractivity contribution >= 4 is 34.0 Å². The quantitative estimate of drug-likeness (QED) is 0.871. The van der Waals surface area contributed by atoms with E-state index in [1.807, 2.05) is 30.5 Å². The summed E-state index contributed by atoms with van der Waals surface area (Å²) in [7, 11) is 0. The molecule has 0 spiro atoms. The highest BCUT2D eigenvalue weighted by Crippen LogP contribution is 2.24. The minimum atomic E-state index is 0.0164.